The Morgan fingerprint density at radius 3 is 2.77 bits per heavy atom. The fourth-order valence-corrected chi connectivity index (χ4v) is 2.48. The van der Waals surface area contributed by atoms with Gasteiger partial charge in [-0.25, -0.2) is 5.10 Å². The molecular weight excluding hydrogens is 288 g/mol. The second-order valence-corrected chi connectivity index (χ2v) is 4.94. The highest BCUT2D eigenvalue weighted by molar-refractivity contribution is 6.04. The number of H-pyrrole nitrogens is 1. The van der Waals surface area contributed by atoms with Gasteiger partial charge in [0.2, 0.25) is 5.95 Å². The number of nitrogens with zero attached hydrogens (tertiary/aromatic N) is 4. The van der Waals surface area contributed by atoms with E-state index in [0.29, 0.717) is 5.69 Å². The van der Waals surface area contributed by atoms with Crippen molar-refractivity contribution in [2.75, 3.05) is 23.3 Å². The molecule has 0 bridgehead atoms. The van der Waals surface area contributed by atoms with Gasteiger partial charge in [0.25, 0.3) is 11.6 Å². The van der Waals surface area contributed by atoms with E-state index in [1.165, 1.54) is 12.4 Å². The fraction of sp³-hybridized carbons (Fsp3) is 0.308. The molecule has 2 aromatic rings. The molecule has 1 saturated heterocycles. The monoisotopic (exact) mass is 302 g/mol. The third-order valence-electron chi connectivity index (χ3n) is 3.53. The third-order valence-corrected chi connectivity index (χ3v) is 3.53. The average molecular weight is 302 g/mol. The largest absolute Gasteiger partial charge is 0.366 e. The Labute approximate surface area is 125 Å². The van der Waals surface area contributed by atoms with Crippen LogP contribution in [0.1, 0.15) is 23.2 Å². The van der Waals surface area contributed by atoms with E-state index in [-0.39, 0.29) is 17.2 Å². The highest BCUT2D eigenvalue weighted by Crippen LogP contribution is 2.31. The molecule has 0 spiro atoms. The highest BCUT2D eigenvalue weighted by atomic mass is 16.6. The lowest BCUT2D eigenvalue weighted by atomic mass is 10.1. The minimum absolute atomic E-state index is 0.0629. The normalized spacial score (nSPS) is 14.1. The van der Waals surface area contributed by atoms with Crippen LogP contribution in [0.3, 0.4) is 0 Å². The van der Waals surface area contributed by atoms with E-state index >= 15 is 0 Å². The first-order valence-corrected chi connectivity index (χ1v) is 6.85. The lowest BCUT2D eigenvalue weighted by molar-refractivity contribution is -0.384. The van der Waals surface area contributed by atoms with Crippen LogP contribution in [-0.4, -0.2) is 39.1 Å². The second-order valence-electron chi connectivity index (χ2n) is 4.94. The van der Waals surface area contributed by atoms with Crippen molar-refractivity contribution in [1.82, 2.24) is 15.2 Å². The molecule has 2 heterocycles. The maximum Gasteiger partial charge on any atom is 0.293 e. The standard InChI is InChI=1S/C13H14N6O3/c20-12(16-13-14-8-15-17-13)9-3-4-10(11(7-9)19(21)22)18-5-1-2-6-18/h3-4,7-8H,1-2,5-6H2,(H2,14,15,16,17,20). The van der Waals surface area contributed by atoms with Gasteiger partial charge in [-0.15, -0.1) is 0 Å². The Kier molecular flexibility index (Phi) is 3.69. The van der Waals surface area contributed by atoms with Gasteiger partial charge in [0.1, 0.15) is 12.0 Å². The van der Waals surface area contributed by atoms with Crippen molar-refractivity contribution < 1.29 is 9.72 Å². The van der Waals surface area contributed by atoms with Gasteiger partial charge in [-0.05, 0) is 25.0 Å². The maximum atomic E-state index is 12.1. The molecule has 0 atom stereocenters. The molecule has 1 fully saturated rings. The summed E-state index contributed by atoms with van der Waals surface area (Å²) in [5, 5.41) is 19.9. The average Bonchev–Trinajstić information content (AvgIpc) is 3.19. The quantitative estimate of drug-likeness (QED) is 0.654. The lowest BCUT2D eigenvalue weighted by Crippen LogP contribution is -2.20. The molecule has 1 aromatic heterocycles. The van der Waals surface area contributed by atoms with Gasteiger partial charge >= 0.3 is 0 Å². The molecule has 0 saturated carbocycles. The van der Waals surface area contributed by atoms with Crippen molar-refractivity contribution >= 4 is 23.2 Å². The van der Waals surface area contributed by atoms with E-state index in [0.717, 1.165) is 25.9 Å². The summed E-state index contributed by atoms with van der Waals surface area (Å²) in [6, 6.07) is 4.49. The fourth-order valence-electron chi connectivity index (χ4n) is 2.48. The van der Waals surface area contributed by atoms with Crippen molar-refractivity contribution in [1.29, 1.82) is 0 Å². The van der Waals surface area contributed by atoms with Crippen molar-refractivity contribution in [2.24, 2.45) is 0 Å². The molecule has 2 N–H and O–H groups in total. The number of aromatic nitrogens is 3. The van der Waals surface area contributed by atoms with Gasteiger partial charge in [0.15, 0.2) is 0 Å². The summed E-state index contributed by atoms with van der Waals surface area (Å²) in [6.45, 7) is 1.59. The number of hydrogen-bond donors (Lipinski definition) is 2. The van der Waals surface area contributed by atoms with E-state index < -0.39 is 10.8 Å². The number of carbonyl (C=O) groups is 1. The van der Waals surface area contributed by atoms with Crippen LogP contribution in [0, 0.1) is 10.1 Å². The predicted molar refractivity (Wildman–Crippen MR) is 78.9 cm³/mol. The summed E-state index contributed by atoms with van der Waals surface area (Å²) >= 11 is 0. The minimum atomic E-state index is -0.479. The Hall–Kier alpha value is -2.97. The van der Waals surface area contributed by atoms with Crippen LogP contribution in [-0.2, 0) is 0 Å². The smallest absolute Gasteiger partial charge is 0.293 e. The number of benzene rings is 1. The van der Waals surface area contributed by atoms with E-state index in [2.05, 4.69) is 20.5 Å². The zero-order chi connectivity index (χ0) is 15.5. The first kappa shape index (κ1) is 14.0. The molecule has 1 aliphatic heterocycles. The minimum Gasteiger partial charge on any atom is -0.366 e. The van der Waals surface area contributed by atoms with Crippen LogP contribution in [0.25, 0.3) is 0 Å². The van der Waals surface area contributed by atoms with Crippen molar-refractivity contribution in [3.05, 3.63) is 40.2 Å². The van der Waals surface area contributed by atoms with E-state index in [4.69, 9.17) is 0 Å². The van der Waals surface area contributed by atoms with Crippen LogP contribution in [0.5, 0.6) is 0 Å². The molecule has 0 unspecified atom stereocenters. The number of anilines is 2. The number of nitrogens with one attached hydrogen (secondary N) is 2. The van der Waals surface area contributed by atoms with Gasteiger partial charge < -0.3 is 4.90 Å². The molecular formula is C13H14N6O3. The van der Waals surface area contributed by atoms with Crippen molar-refractivity contribution in [3.8, 4) is 0 Å². The number of nitro groups is 1. The molecule has 1 aliphatic rings. The predicted octanol–water partition coefficient (Wildman–Crippen LogP) is 1.57. The second kappa shape index (κ2) is 5.80. The molecule has 0 radical (unpaired) electrons. The Morgan fingerprint density at radius 2 is 2.14 bits per heavy atom. The van der Waals surface area contributed by atoms with Gasteiger partial charge in [-0.3, -0.25) is 20.2 Å². The molecule has 22 heavy (non-hydrogen) atoms. The van der Waals surface area contributed by atoms with E-state index in [1.807, 2.05) is 4.90 Å². The molecule has 9 heteroatoms. The van der Waals surface area contributed by atoms with Gasteiger partial charge in [0.05, 0.1) is 4.92 Å². The van der Waals surface area contributed by atoms with Crippen molar-refractivity contribution in [2.45, 2.75) is 12.8 Å². The SMILES string of the molecule is O=C(Nc1ncn[nH]1)c1ccc(N2CCCC2)c([N+](=O)[O-])c1. The molecule has 3 rings (SSSR count). The number of nitro benzene ring substituents is 1. The number of aromatic amines is 1. The van der Waals surface area contributed by atoms with Crippen LogP contribution in [0.15, 0.2) is 24.5 Å². The zero-order valence-electron chi connectivity index (χ0n) is 11.7. The highest BCUT2D eigenvalue weighted by Gasteiger charge is 2.24. The van der Waals surface area contributed by atoms with Crippen LogP contribution in [0.2, 0.25) is 0 Å². The van der Waals surface area contributed by atoms with Gasteiger partial charge in [-0.1, -0.05) is 0 Å². The van der Waals surface area contributed by atoms with Crippen LogP contribution >= 0.6 is 0 Å². The number of amides is 1. The first-order chi connectivity index (χ1) is 10.6. The lowest BCUT2D eigenvalue weighted by Gasteiger charge is -2.17. The molecule has 114 valence electrons. The molecule has 1 amide bonds. The van der Waals surface area contributed by atoms with Crippen LogP contribution < -0.4 is 10.2 Å². The maximum absolute atomic E-state index is 12.1. The number of hydrogen-bond acceptors (Lipinski definition) is 6. The van der Waals surface area contributed by atoms with E-state index in [9.17, 15) is 14.9 Å². The zero-order valence-corrected chi connectivity index (χ0v) is 11.7. The number of rotatable bonds is 4. The molecule has 0 aliphatic carbocycles. The summed E-state index contributed by atoms with van der Waals surface area (Å²) in [6.07, 6.45) is 3.30. The van der Waals surface area contributed by atoms with E-state index in [1.54, 1.807) is 12.1 Å². The third kappa shape index (κ3) is 2.73. The summed E-state index contributed by atoms with van der Waals surface area (Å²) in [5.41, 5.74) is 0.692. The summed E-state index contributed by atoms with van der Waals surface area (Å²) in [5.74, 6) is -0.288. The first-order valence-electron chi connectivity index (χ1n) is 6.85. The molecule has 9 nitrogen and oxygen atoms in total. The Morgan fingerprint density at radius 1 is 1.36 bits per heavy atom. The van der Waals surface area contributed by atoms with Crippen molar-refractivity contribution in [3.63, 3.8) is 0 Å². The Bertz CT molecular complexity index is 694. The topological polar surface area (TPSA) is 117 Å². The summed E-state index contributed by atoms with van der Waals surface area (Å²) in [7, 11) is 0. The van der Waals surface area contributed by atoms with Crippen LogP contribution in [0.4, 0.5) is 17.3 Å². The molecule has 1 aromatic carbocycles. The summed E-state index contributed by atoms with van der Waals surface area (Å²) < 4.78 is 0. The van der Waals surface area contributed by atoms with Gasteiger partial charge in [-0.2, -0.15) is 10.1 Å². The Balaban J connectivity index is 1.88. The number of carbonyl (C=O) groups excluding carboxylic acids is 1. The van der Waals surface area contributed by atoms with Gasteiger partial charge in [0, 0.05) is 24.7 Å². The summed E-state index contributed by atoms with van der Waals surface area (Å²) in [4.78, 5) is 28.7.